The smallest absolute Gasteiger partial charge is 0.336 e. The van der Waals surface area contributed by atoms with Gasteiger partial charge in [-0.25, -0.2) is 9.78 Å². The molecule has 3 aromatic rings. The summed E-state index contributed by atoms with van der Waals surface area (Å²) in [4.78, 5) is 43.6. The molecule has 2 aromatic carbocycles. The van der Waals surface area contributed by atoms with E-state index in [-0.39, 0.29) is 29.2 Å². The van der Waals surface area contributed by atoms with Crippen LogP contribution < -0.4 is 4.90 Å². The van der Waals surface area contributed by atoms with Crippen molar-refractivity contribution in [3.63, 3.8) is 0 Å². The summed E-state index contributed by atoms with van der Waals surface area (Å²) in [6.07, 6.45) is 3.50. The zero-order valence-electron chi connectivity index (χ0n) is 17.5. The van der Waals surface area contributed by atoms with E-state index in [1.807, 2.05) is 0 Å². The van der Waals surface area contributed by atoms with Gasteiger partial charge in [0.15, 0.2) is 0 Å². The van der Waals surface area contributed by atoms with Crippen LogP contribution in [0.2, 0.25) is 5.02 Å². The topological polar surface area (TPSA) is 87.6 Å². The number of fused-ring (bicyclic) bond motifs is 2. The molecule has 0 radical (unpaired) electrons. The molecule has 5 rings (SSSR count). The third-order valence-electron chi connectivity index (χ3n) is 6.66. The van der Waals surface area contributed by atoms with Gasteiger partial charge in [0.05, 0.1) is 34.3 Å². The summed E-state index contributed by atoms with van der Waals surface area (Å²) in [5.41, 5.74) is 3.10. The number of pyridine rings is 1. The first-order chi connectivity index (χ1) is 15.4. The van der Waals surface area contributed by atoms with Crippen molar-refractivity contribution in [2.45, 2.75) is 32.6 Å². The van der Waals surface area contributed by atoms with Gasteiger partial charge in [-0.15, -0.1) is 0 Å². The van der Waals surface area contributed by atoms with Gasteiger partial charge in [-0.2, -0.15) is 0 Å². The van der Waals surface area contributed by atoms with E-state index >= 15 is 0 Å². The van der Waals surface area contributed by atoms with Gasteiger partial charge in [0, 0.05) is 16.0 Å². The lowest BCUT2D eigenvalue weighted by Crippen LogP contribution is -2.30. The number of aryl methyl sites for hydroxylation is 1. The fourth-order valence-corrected chi connectivity index (χ4v) is 5.08. The van der Waals surface area contributed by atoms with Gasteiger partial charge in [-0.05, 0) is 49.6 Å². The lowest BCUT2D eigenvalue weighted by atomic mass is 9.81. The van der Waals surface area contributed by atoms with Crippen LogP contribution in [0.1, 0.15) is 41.6 Å². The second kappa shape index (κ2) is 7.71. The predicted octanol–water partition coefficient (Wildman–Crippen LogP) is 5.24. The fraction of sp³-hybridized carbons (Fsp3) is 0.280. The number of nitrogens with zero attached hydrogens (tertiary/aromatic N) is 2. The minimum absolute atomic E-state index is 0.116. The van der Waals surface area contributed by atoms with Crippen molar-refractivity contribution in [1.29, 1.82) is 0 Å². The molecule has 1 aromatic heterocycles. The monoisotopic (exact) mass is 448 g/mol. The maximum Gasteiger partial charge on any atom is 0.336 e. The van der Waals surface area contributed by atoms with Gasteiger partial charge < -0.3 is 5.11 Å². The molecular weight excluding hydrogens is 428 g/mol. The van der Waals surface area contributed by atoms with Crippen molar-refractivity contribution in [2.24, 2.45) is 11.8 Å². The molecule has 2 fully saturated rings. The summed E-state index contributed by atoms with van der Waals surface area (Å²) in [6.45, 7) is 1.81. The molecule has 2 atom stereocenters. The molecule has 6 nitrogen and oxygen atoms in total. The average Bonchev–Trinajstić information content (AvgIpc) is 3.06. The molecule has 2 aliphatic rings. The van der Waals surface area contributed by atoms with Crippen LogP contribution in [0.4, 0.5) is 5.69 Å². The SMILES string of the molecule is Cc1c(Cl)ccc2c(C(=O)O)cc(-c3ccc(N4C(=O)C5CCCCC5C4=O)cc3)nc12. The Morgan fingerprint density at radius 2 is 1.66 bits per heavy atom. The van der Waals surface area contributed by atoms with Crippen LogP contribution >= 0.6 is 11.6 Å². The van der Waals surface area contributed by atoms with Crippen LogP contribution in [-0.4, -0.2) is 27.9 Å². The zero-order chi connectivity index (χ0) is 22.6. The van der Waals surface area contributed by atoms with Gasteiger partial charge in [0.25, 0.3) is 0 Å². The number of carboxylic acids is 1. The van der Waals surface area contributed by atoms with Crippen LogP contribution in [0.25, 0.3) is 22.2 Å². The first kappa shape index (κ1) is 20.6. The van der Waals surface area contributed by atoms with Crippen LogP contribution in [0.3, 0.4) is 0 Å². The Hall–Kier alpha value is -3.25. The van der Waals surface area contributed by atoms with E-state index < -0.39 is 5.97 Å². The normalized spacial score (nSPS) is 20.6. The van der Waals surface area contributed by atoms with E-state index in [0.29, 0.717) is 38.4 Å². The second-order valence-electron chi connectivity index (χ2n) is 8.48. The quantitative estimate of drug-likeness (QED) is 0.553. The molecule has 1 aliphatic carbocycles. The number of hydrogen-bond donors (Lipinski definition) is 1. The lowest BCUT2D eigenvalue weighted by molar-refractivity contribution is -0.122. The van der Waals surface area contributed by atoms with E-state index in [4.69, 9.17) is 11.6 Å². The van der Waals surface area contributed by atoms with Crippen LogP contribution in [0.15, 0.2) is 42.5 Å². The molecule has 7 heteroatoms. The number of aromatic carboxylic acids is 1. The van der Waals surface area contributed by atoms with E-state index in [9.17, 15) is 19.5 Å². The molecular formula is C25H21ClN2O4. The highest BCUT2D eigenvalue weighted by molar-refractivity contribution is 6.32. The highest BCUT2D eigenvalue weighted by Gasteiger charge is 2.48. The Labute approximate surface area is 189 Å². The molecule has 32 heavy (non-hydrogen) atoms. The van der Waals surface area contributed by atoms with Crippen molar-refractivity contribution in [3.05, 3.63) is 58.6 Å². The first-order valence-corrected chi connectivity index (χ1v) is 11.1. The van der Waals surface area contributed by atoms with Crippen molar-refractivity contribution in [1.82, 2.24) is 4.98 Å². The molecule has 1 aliphatic heterocycles. The number of benzene rings is 2. The summed E-state index contributed by atoms with van der Waals surface area (Å²) in [5, 5.41) is 10.8. The highest BCUT2D eigenvalue weighted by Crippen LogP contribution is 2.40. The van der Waals surface area contributed by atoms with Crippen molar-refractivity contribution in [2.75, 3.05) is 4.90 Å². The minimum atomic E-state index is -1.05. The summed E-state index contributed by atoms with van der Waals surface area (Å²) >= 11 is 6.23. The average molecular weight is 449 g/mol. The molecule has 2 amide bonds. The second-order valence-corrected chi connectivity index (χ2v) is 8.89. The van der Waals surface area contributed by atoms with Crippen molar-refractivity contribution < 1.29 is 19.5 Å². The van der Waals surface area contributed by atoms with Crippen molar-refractivity contribution in [3.8, 4) is 11.3 Å². The number of carbonyl (C=O) groups is 3. The van der Waals surface area contributed by atoms with Crippen molar-refractivity contribution >= 4 is 46.0 Å². The molecule has 2 unspecified atom stereocenters. The summed E-state index contributed by atoms with van der Waals surface area (Å²) < 4.78 is 0. The number of carbonyl (C=O) groups excluding carboxylic acids is 2. The Morgan fingerprint density at radius 1 is 1.03 bits per heavy atom. The van der Waals surface area contributed by atoms with Gasteiger partial charge in [-0.1, -0.05) is 42.6 Å². The predicted molar refractivity (Wildman–Crippen MR) is 122 cm³/mol. The standard InChI is InChI=1S/C25H21ClN2O4/c1-13-20(26)11-10-16-19(25(31)32)12-21(27-22(13)16)14-6-8-15(9-7-14)28-23(29)17-4-2-3-5-18(17)24(28)30/h6-12,17-18H,2-5H2,1H3,(H,31,32). The van der Waals surface area contributed by atoms with Crippen LogP contribution in [-0.2, 0) is 9.59 Å². The Bertz CT molecular complexity index is 1260. The number of rotatable bonds is 3. The molecule has 162 valence electrons. The van der Waals surface area contributed by atoms with Gasteiger partial charge >= 0.3 is 5.97 Å². The molecule has 0 spiro atoms. The largest absolute Gasteiger partial charge is 0.478 e. The van der Waals surface area contributed by atoms with E-state index in [2.05, 4.69) is 4.98 Å². The third-order valence-corrected chi connectivity index (χ3v) is 7.07. The van der Waals surface area contributed by atoms with Gasteiger partial charge in [-0.3, -0.25) is 14.5 Å². The maximum absolute atomic E-state index is 12.9. The molecule has 1 saturated heterocycles. The zero-order valence-corrected chi connectivity index (χ0v) is 18.2. The Kier molecular flexibility index (Phi) is 4.97. The molecule has 1 saturated carbocycles. The summed E-state index contributed by atoms with van der Waals surface area (Å²) in [6, 6.07) is 11.8. The van der Waals surface area contributed by atoms with Crippen LogP contribution in [0, 0.1) is 18.8 Å². The Morgan fingerprint density at radius 3 is 2.25 bits per heavy atom. The molecule has 1 N–H and O–H groups in total. The highest BCUT2D eigenvalue weighted by atomic mass is 35.5. The Balaban J connectivity index is 1.54. The number of aromatic nitrogens is 1. The van der Waals surface area contributed by atoms with Gasteiger partial charge in [0.1, 0.15) is 0 Å². The number of amides is 2. The fourth-order valence-electron chi connectivity index (χ4n) is 4.93. The lowest BCUT2D eigenvalue weighted by Gasteiger charge is -2.19. The number of halogens is 1. The third kappa shape index (κ3) is 3.17. The van der Waals surface area contributed by atoms with E-state index in [1.165, 1.54) is 11.0 Å². The minimum Gasteiger partial charge on any atom is -0.478 e. The van der Waals surface area contributed by atoms with Gasteiger partial charge in [0.2, 0.25) is 11.8 Å². The molecule has 2 heterocycles. The number of hydrogen-bond acceptors (Lipinski definition) is 4. The number of imide groups is 1. The summed E-state index contributed by atoms with van der Waals surface area (Å²) in [5.74, 6) is -1.69. The van der Waals surface area contributed by atoms with E-state index in [1.54, 1.807) is 43.3 Å². The number of carboxylic acid groups (broad SMARTS) is 1. The first-order valence-electron chi connectivity index (χ1n) is 10.7. The summed E-state index contributed by atoms with van der Waals surface area (Å²) in [7, 11) is 0. The number of anilines is 1. The maximum atomic E-state index is 12.9. The van der Waals surface area contributed by atoms with Crippen LogP contribution in [0.5, 0.6) is 0 Å². The van der Waals surface area contributed by atoms with E-state index in [0.717, 1.165) is 25.7 Å². The molecule has 0 bridgehead atoms.